The summed E-state index contributed by atoms with van der Waals surface area (Å²) in [4.78, 5) is 0. The molecule has 0 aromatic carbocycles. The van der Waals surface area contributed by atoms with Crippen molar-refractivity contribution in [3.05, 3.63) is 0 Å². The summed E-state index contributed by atoms with van der Waals surface area (Å²) in [5, 5.41) is 0. The van der Waals surface area contributed by atoms with Crippen LogP contribution in [0.4, 0.5) is 0 Å². The summed E-state index contributed by atoms with van der Waals surface area (Å²) >= 11 is 0. The van der Waals surface area contributed by atoms with Crippen LogP contribution < -0.4 is 0 Å². The first-order valence-electron chi connectivity index (χ1n) is 4.30. The topological polar surface area (TPSA) is 43.4 Å². The number of hydrogen-bond donors (Lipinski definition) is 0. The Hall–Kier alpha value is 0.200. The molecule has 0 aliphatic carbocycles. The van der Waals surface area contributed by atoms with E-state index in [-0.39, 0.29) is 11.2 Å². The molecule has 0 aromatic heterocycles. The van der Waals surface area contributed by atoms with Crippen molar-refractivity contribution in [1.29, 1.82) is 0 Å². The molecule has 0 aliphatic heterocycles. The van der Waals surface area contributed by atoms with Gasteiger partial charge in [0.15, 0.2) is 0 Å². The zero-order valence-corrected chi connectivity index (χ0v) is 9.91. The molecule has 0 amide bonds. The first-order valence-corrected chi connectivity index (χ1v) is 6.78. The van der Waals surface area contributed by atoms with Crippen molar-refractivity contribution in [3.8, 4) is 0 Å². The highest BCUT2D eigenvalue weighted by Crippen LogP contribution is 2.29. The van der Waals surface area contributed by atoms with Crippen molar-refractivity contribution >= 4 is 19.7 Å². The van der Waals surface area contributed by atoms with Gasteiger partial charge < -0.3 is 4.74 Å². The minimum absolute atomic E-state index is 0.0115. The van der Waals surface area contributed by atoms with Gasteiger partial charge in [-0.2, -0.15) is 0 Å². The van der Waals surface area contributed by atoms with Crippen LogP contribution in [0, 0.1) is 5.41 Å². The standard InChI is InChI=1S/C8H17ClO3S/c1-4-8(5-2,6-12-3)7-13(9,10)11/h4-7H2,1-3H3. The molecule has 3 nitrogen and oxygen atoms in total. The van der Waals surface area contributed by atoms with Crippen LogP contribution >= 0.6 is 10.7 Å². The molecule has 0 N–H and O–H groups in total. The van der Waals surface area contributed by atoms with Gasteiger partial charge in [0.2, 0.25) is 9.05 Å². The second-order valence-corrected chi connectivity index (χ2v) is 6.10. The van der Waals surface area contributed by atoms with Gasteiger partial charge in [-0.3, -0.25) is 0 Å². The largest absolute Gasteiger partial charge is 0.384 e. The van der Waals surface area contributed by atoms with Crippen LogP contribution in [0.3, 0.4) is 0 Å². The molecule has 13 heavy (non-hydrogen) atoms. The van der Waals surface area contributed by atoms with E-state index in [2.05, 4.69) is 0 Å². The Morgan fingerprint density at radius 1 is 1.31 bits per heavy atom. The fraction of sp³-hybridized carbons (Fsp3) is 1.00. The summed E-state index contributed by atoms with van der Waals surface area (Å²) in [6, 6.07) is 0. The highest BCUT2D eigenvalue weighted by Gasteiger charge is 2.31. The second-order valence-electron chi connectivity index (χ2n) is 3.32. The molecule has 0 aromatic rings. The van der Waals surface area contributed by atoms with Crippen molar-refractivity contribution in [2.75, 3.05) is 19.5 Å². The Balaban J connectivity index is 4.57. The number of methoxy groups -OCH3 is 1. The van der Waals surface area contributed by atoms with E-state index in [0.717, 1.165) is 12.8 Å². The quantitative estimate of drug-likeness (QED) is 0.654. The van der Waals surface area contributed by atoms with E-state index in [4.69, 9.17) is 15.4 Å². The summed E-state index contributed by atoms with van der Waals surface area (Å²) in [6.45, 7) is 4.33. The first-order chi connectivity index (χ1) is 5.89. The highest BCUT2D eigenvalue weighted by atomic mass is 35.7. The molecular formula is C8H17ClO3S. The van der Waals surface area contributed by atoms with Crippen LogP contribution in [0.1, 0.15) is 26.7 Å². The zero-order valence-electron chi connectivity index (χ0n) is 8.34. The van der Waals surface area contributed by atoms with E-state index >= 15 is 0 Å². The molecule has 0 aliphatic rings. The van der Waals surface area contributed by atoms with E-state index in [1.54, 1.807) is 7.11 Å². The normalized spacial score (nSPS) is 13.2. The van der Waals surface area contributed by atoms with E-state index in [0.29, 0.717) is 6.61 Å². The fourth-order valence-corrected chi connectivity index (χ4v) is 3.29. The molecule has 0 spiro atoms. The summed E-state index contributed by atoms with van der Waals surface area (Å²) in [5.41, 5.74) is -0.324. The van der Waals surface area contributed by atoms with Gasteiger partial charge in [0.1, 0.15) is 0 Å². The van der Waals surface area contributed by atoms with Gasteiger partial charge in [0.05, 0.1) is 12.4 Å². The van der Waals surface area contributed by atoms with Crippen molar-refractivity contribution in [2.45, 2.75) is 26.7 Å². The lowest BCUT2D eigenvalue weighted by Gasteiger charge is -2.29. The third kappa shape index (κ3) is 4.84. The Morgan fingerprint density at radius 2 is 1.77 bits per heavy atom. The molecule has 0 fully saturated rings. The Kier molecular flexibility index (Phi) is 5.25. The number of ether oxygens (including phenoxy) is 1. The van der Waals surface area contributed by atoms with Crippen molar-refractivity contribution in [1.82, 2.24) is 0 Å². The maximum Gasteiger partial charge on any atom is 0.233 e. The molecule has 0 rings (SSSR count). The molecule has 0 bridgehead atoms. The molecule has 0 unspecified atom stereocenters. The van der Waals surface area contributed by atoms with Crippen molar-refractivity contribution in [2.24, 2.45) is 5.41 Å². The van der Waals surface area contributed by atoms with Crippen LogP contribution in [-0.4, -0.2) is 27.9 Å². The number of halogens is 1. The minimum atomic E-state index is -3.44. The van der Waals surface area contributed by atoms with E-state index in [1.807, 2.05) is 13.8 Å². The van der Waals surface area contributed by atoms with Crippen LogP contribution in [0.2, 0.25) is 0 Å². The van der Waals surface area contributed by atoms with Gasteiger partial charge in [0.25, 0.3) is 0 Å². The maximum atomic E-state index is 10.9. The van der Waals surface area contributed by atoms with Crippen LogP contribution in [0.15, 0.2) is 0 Å². The van der Waals surface area contributed by atoms with Crippen LogP contribution in [0.25, 0.3) is 0 Å². The molecule has 0 saturated carbocycles. The molecule has 0 heterocycles. The third-order valence-corrected chi connectivity index (χ3v) is 3.71. The molecule has 0 atom stereocenters. The van der Waals surface area contributed by atoms with Gasteiger partial charge in [-0.15, -0.1) is 0 Å². The third-order valence-electron chi connectivity index (χ3n) is 2.43. The average Bonchev–Trinajstić information content (AvgIpc) is 2.01. The highest BCUT2D eigenvalue weighted by molar-refractivity contribution is 8.13. The van der Waals surface area contributed by atoms with Crippen LogP contribution in [0.5, 0.6) is 0 Å². The minimum Gasteiger partial charge on any atom is -0.384 e. The van der Waals surface area contributed by atoms with Crippen molar-refractivity contribution in [3.63, 3.8) is 0 Å². The predicted molar refractivity (Wildman–Crippen MR) is 54.5 cm³/mol. The lowest BCUT2D eigenvalue weighted by molar-refractivity contribution is 0.0883. The lowest BCUT2D eigenvalue weighted by atomic mass is 9.85. The summed E-state index contributed by atoms with van der Waals surface area (Å²) in [6.07, 6.45) is 1.51. The molecule has 5 heteroatoms. The van der Waals surface area contributed by atoms with E-state index in [9.17, 15) is 8.42 Å². The number of hydrogen-bond acceptors (Lipinski definition) is 3. The van der Waals surface area contributed by atoms with Gasteiger partial charge in [-0.25, -0.2) is 8.42 Å². The average molecular weight is 229 g/mol. The van der Waals surface area contributed by atoms with E-state index in [1.165, 1.54) is 0 Å². The Bertz CT molecular complexity index is 232. The summed E-state index contributed by atoms with van der Waals surface area (Å²) in [5.74, 6) is -0.0115. The fourth-order valence-electron chi connectivity index (χ4n) is 1.37. The first kappa shape index (κ1) is 13.2. The van der Waals surface area contributed by atoms with E-state index < -0.39 is 9.05 Å². The zero-order chi connectivity index (χ0) is 10.5. The molecule has 0 saturated heterocycles. The lowest BCUT2D eigenvalue weighted by Crippen LogP contribution is -2.31. The monoisotopic (exact) mass is 228 g/mol. The Labute approximate surface area is 84.8 Å². The second kappa shape index (κ2) is 5.17. The Morgan fingerprint density at radius 3 is 2.00 bits per heavy atom. The summed E-state index contributed by atoms with van der Waals surface area (Å²) in [7, 11) is 3.36. The van der Waals surface area contributed by atoms with Gasteiger partial charge in [0, 0.05) is 23.2 Å². The van der Waals surface area contributed by atoms with Crippen LogP contribution in [-0.2, 0) is 13.8 Å². The van der Waals surface area contributed by atoms with Gasteiger partial charge in [-0.1, -0.05) is 13.8 Å². The number of rotatable bonds is 6. The smallest absolute Gasteiger partial charge is 0.233 e. The molecule has 80 valence electrons. The van der Waals surface area contributed by atoms with Crippen molar-refractivity contribution < 1.29 is 13.2 Å². The maximum absolute atomic E-state index is 10.9. The predicted octanol–water partition coefficient (Wildman–Crippen LogP) is 2.01. The molecular weight excluding hydrogens is 212 g/mol. The van der Waals surface area contributed by atoms with Gasteiger partial charge >= 0.3 is 0 Å². The molecule has 0 radical (unpaired) electrons. The summed E-state index contributed by atoms with van der Waals surface area (Å²) < 4.78 is 26.9. The SMILES string of the molecule is CCC(CC)(COC)CS(=O)(=O)Cl. The van der Waals surface area contributed by atoms with Gasteiger partial charge in [-0.05, 0) is 12.8 Å².